The summed E-state index contributed by atoms with van der Waals surface area (Å²) in [7, 11) is 1.84. The van der Waals surface area contributed by atoms with Crippen molar-refractivity contribution in [2.45, 2.75) is 32.7 Å². The summed E-state index contributed by atoms with van der Waals surface area (Å²) in [5, 5.41) is 8.60. The van der Waals surface area contributed by atoms with E-state index in [1.807, 2.05) is 7.05 Å². The molecule has 1 atom stereocenters. The van der Waals surface area contributed by atoms with Crippen molar-refractivity contribution < 1.29 is 4.79 Å². The summed E-state index contributed by atoms with van der Waals surface area (Å²) in [6.45, 7) is 5.69. The first-order valence-corrected chi connectivity index (χ1v) is 8.75. The molecule has 3 rings (SSSR count). The minimum absolute atomic E-state index is 0.103. The van der Waals surface area contributed by atoms with E-state index in [4.69, 9.17) is 0 Å². The van der Waals surface area contributed by atoms with Gasteiger partial charge in [-0.2, -0.15) is 0 Å². The van der Waals surface area contributed by atoms with Crippen LogP contribution in [0.3, 0.4) is 0 Å². The summed E-state index contributed by atoms with van der Waals surface area (Å²) in [5.41, 5.74) is 1.43. The maximum Gasteiger partial charge on any atom is 0.220 e. The van der Waals surface area contributed by atoms with Crippen LogP contribution in [0.25, 0.3) is 0 Å². The maximum atomic E-state index is 11.6. The summed E-state index contributed by atoms with van der Waals surface area (Å²) in [5.74, 6) is 1.14. The Balaban J connectivity index is 1.63. The predicted molar refractivity (Wildman–Crippen MR) is 90.1 cm³/mol. The molecule has 2 N–H and O–H groups in total. The molecule has 2 fully saturated rings. The Hall–Kier alpha value is -1.56. The van der Waals surface area contributed by atoms with Crippen molar-refractivity contribution in [1.82, 2.24) is 15.5 Å². The van der Waals surface area contributed by atoms with Crippen LogP contribution in [0.4, 0.5) is 0 Å². The molecule has 22 heavy (non-hydrogen) atoms. The average molecular weight is 320 g/mol. The summed E-state index contributed by atoms with van der Waals surface area (Å²) in [6, 6.07) is 2.15. The average Bonchev–Trinajstić information content (AvgIpc) is 3.07. The van der Waals surface area contributed by atoms with Gasteiger partial charge in [-0.05, 0) is 36.8 Å². The van der Waals surface area contributed by atoms with Crippen LogP contribution < -0.4 is 10.6 Å². The Labute approximate surface area is 135 Å². The highest BCUT2D eigenvalue weighted by Crippen LogP contribution is 2.36. The van der Waals surface area contributed by atoms with E-state index in [1.54, 1.807) is 11.3 Å². The highest BCUT2D eigenvalue weighted by molar-refractivity contribution is 7.10. The van der Waals surface area contributed by atoms with E-state index in [9.17, 15) is 4.79 Å². The zero-order valence-electron chi connectivity index (χ0n) is 13.3. The fourth-order valence-electron chi connectivity index (χ4n) is 3.51. The number of thiophene rings is 1. The number of rotatable bonds is 2. The smallest absolute Gasteiger partial charge is 0.220 e. The van der Waals surface area contributed by atoms with Gasteiger partial charge in [0.2, 0.25) is 5.91 Å². The number of hydrogen-bond donors (Lipinski definition) is 2. The molecule has 1 spiro atoms. The number of piperidine rings is 1. The van der Waals surface area contributed by atoms with E-state index in [2.05, 4.69) is 38.9 Å². The van der Waals surface area contributed by atoms with Gasteiger partial charge in [0, 0.05) is 43.4 Å². The highest BCUT2D eigenvalue weighted by Gasteiger charge is 2.42. The van der Waals surface area contributed by atoms with Crippen molar-refractivity contribution in [2.24, 2.45) is 10.4 Å². The number of likely N-dealkylation sites (tertiary alicyclic amines) is 1. The zero-order chi connectivity index (χ0) is 15.6. The van der Waals surface area contributed by atoms with Crippen LogP contribution in [0, 0.1) is 12.3 Å². The van der Waals surface area contributed by atoms with E-state index in [-0.39, 0.29) is 11.3 Å². The lowest BCUT2D eigenvalue weighted by molar-refractivity contribution is -0.119. The van der Waals surface area contributed by atoms with E-state index >= 15 is 0 Å². The fraction of sp³-hybridized carbons (Fsp3) is 0.625. The summed E-state index contributed by atoms with van der Waals surface area (Å²) in [6.07, 6.45) is 2.90. The van der Waals surface area contributed by atoms with Gasteiger partial charge >= 0.3 is 0 Å². The molecular formula is C16H24N4OS. The first kappa shape index (κ1) is 15.3. The summed E-state index contributed by atoms with van der Waals surface area (Å²) in [4.78, 5) is 19.7. The van der Waals surface area contributed by atoms with Crippen molar-refractivity contribution >= 4 is 23.2 Å². The first-order valence-electron chi connectivity index (χ1n) is 7.87. The van der Waals surface area contributed by atoms with Gasteiger partial charge in [0.05, 0.1) is 6.54 Å². The molecule has 0 aromatic carbocycles. The van der Waals surface area contributed by atoms with Gasteiger partial charge < -0.3 is 15.5 Å². The monoisotopic (exact) mass is 320 g/mol. The molecule has 0 bridgehead atoms. The van der Waals surface area contributed by atoms with E-state index in [1.165, 1.54) is 10.4 Å². The van der Waals surface area contributed by atoms with Crippen molar-refractivity contribution in [2.75, 3.05) is 26.7 Å². The summed E-state index contributed by atoms with van der Waals surface area (Å²) >= 11 is 1.78. The number of nitrogens with zero attached hydrogens (tertiary/aromatic N) is 2. The van der Waals surface area contributed by atoms with Crippen LogP contribution in [0.5, 0.6) is 0 Å². The molecule has 2 aliphatic rings. The molecule has 120 valence electrons. The van der Waals surface area contributed by atoms with E-state index in [0.717, 1.165) is 45.0 Å². The van der Waals surface area contributed by atoms with Crippen LogP contribution in [0.2, 0.25) is 0 Å². The third kappa shape index (κ3) is 3.11. The van der Waals surface area contributed by atoms with Gasteiger partial charge in [0.25, 0.3) is 0 Å². The quantitative estimate of drug-likeness (QED) is 0.644. The molecule has 1 amide bonds. The number of guanidine groups is 1. The summed E-state index contributed by atoms with van der Waals surface area (Å²) < 4.78 is 0. The molecule has 0 saturated carbocycles. The lowest BCUT2D eigenvalue weighted by atomic mass is 9.79. The molecule has 0 radical (unpaired) electrons. The number of aliphatic imine (C=N–C) groups is 1. The Bertz CT molecular complexity index is 582. The third-order valence-corrected chi connectivity index (χ3v) is 5.77. The van der Waals surface area contributed by atoms with Gasteiger partial charge in [0.15, 0.2) is 5.96 Å². The van der Waals surface area contributed by atoms with Gasteiger partial charge in [-0.1, -0.05) is 0 Å². The number of carbonyl (C=O) groups is 1. The van der Waals surface area contributed by atoms with Crippen molar-refractivity contribution in [3.05, 3.63) is 21.9 Å². The molecule has 0 aliphatic carbocycles. The standard InChI is InChI=1S/C16H24N4OS/c1-12-4-7-22-13(12)9-18-15(17-2)20-6-3-5-16(11-20)8-14(21)19-10-16/h4,7H,3,5-6,8-11H2,1-2H3,(H,17,18)(H,19,21). The minimum Gasteiger partial charge on any atom is -0.355 e. The number of amides is 1. The molecule has 1 aromatic rings. The van der Waals surface area contributed by atoms with Crippen LogP contribution >= 0.6 is 11.3 Å². The van der Waals surface area contributed by atoms with Crippen LogP contribution in [-0.2, 0) is 11.3 Å². The Kier molecular flexibility index (Phi) is 4.38. The Morgan fingerprint density at radius 2 is 2.45 bits per heavy atom. The zero-order valence-corrected chi connectivity index (χ0v) is 14.1. The largest absolute Gasteiger partial charge is 0.355 e. The van der Waals surface area contributed by atoms with Gasteiger partial charge in [0.1, 0.15) is 0 Å². The van der Waals surface area contributed by atoms with Crippen LogP contribution in [0.15, 0.2) is 16.4 Å². The maximum absolute atomic E-state index is 11.6. The lowest BCUT2D eigenvalue weighted by Crippen LogP contribution is -2.51. The van der Waals surface area contributed by atoms with Gasteiger partial charge in [-0.15, -0.1) is 11.3 Å². The third-order valence-electron chi connectivity index (χ3n) is 4.74. The van der Waals surface area contributed by atoms with Crippen LogP contribution in [0.1, 0.15) is 29.7 Å². The lowest BCUT2D eigenvalue weighted by Gasteiger charge is -2.40. The number of nitrogens with one attached hydrogen (secondary N) is 2. The molecular weight excluding hydrogens is 296 g/mol. The molecule has 1 unspecified atom stereocenters. The van der Waals surface area contributed by atoms with Crippen molar-refractivity contribution in [3.63, 3.8) is 0 Å². The second-order valence-corrected chi connectivity index (χ2v) is 7.41. The molecule has 5 nitrogen and oxygen atoms in total. The molecule has 1 aromatic heterocycles. The molecule has 6 heteroatoms. The highest BCUT2D eigenvalue weighted by atomic mass is 32.1. The topological polar surface area (TPSA) is 56.7 Å². The van der Waals surface area contributed by atoms with E-state index in [0.29, 0.717) is 6.42 Å². The second-order valence-electron chi connectivity index (χ2n) is 6.41. The normalized spacial score (nSPS) is 25.6. The first-order chi connectivity index (χ1) is 10.6. The van der Waals surface area contributed by atoms with Crippen molar-refractivity contribution in [1.29, 1.82) is 0 Å². The molecule has 2 aliphatic heterocycles. The fourth-order valence-corrected chi connectivity index (χ4v) is 4.35. The Morgan fingerprint density at radius 3 is 3.09 bits per heavy atom. The van der Waals surface area contributed by atoms with E-state index < -0.39 is 0 Å². The molecule has 2 saturated heterocycles. The molecule has 3 heterocycles. The predicted octanol–water partition coefficient (Wildman–Crippen LogP) is 1.73. The number of aryl methyl sites for hydroxylation is 1. The Morgan fingerprint density at radius 1 is 1.59 bits per heavy atom. The van der Waals surface area contributed by atoms with Gasteiger partial charge in [-0.3, -0.25) is 9.79 Å². The van der Waals surface area contributed by atoms with Crippen LogP contribution in [-0.4, -0.2) is 43.4 Å². The van der Waals surface area contributed by atoms with Crippen molar-refractivity contribution in [3.8, 4) is 0 Å². The van der Waals surface area contributed by atoms with Gasteiger partial charge in [-0.25, -0.2) is 0 Å². The number of hydrogen-bond acceptors (Lipinski definition) is 3. The second kappa shape index (κ2) is 6.28. The SMILES string of the molecule is CN=C(NCc1sccc1C)N1CCCC2(CNC(=O)C2)C1. The minimum atomic E-state index is 0.103. The number of carbonyl (C=O) groups excluding carboxylic acids is 1.